The Labute approximate surface area is 134 Å². The highest BCUT2D eigenvalue weighted by molar-refractivity contribution is 9.10. The molecule has 0 spiro atoms. The number of amides is 1. The Balaban J connectivity index is 2.25. The third-order valence-corrected chi connectivity index (χ3v) is 3.99. The van der Waals surface area contributed by atoms with Crippen LogP contribution in [0.5, 0.6) is 0 Å². The van der Waals surface area contributed by atoms with E-state index in [1.807, 2.05) is 6.92 Å². The minimum absolute atomic E-state index is 0.288. The number of rotatable bonds is 4. The van der Waals surface area contributed by atoms with Crippen LogP contribution in [0.2, 0.25) is 5.02 Å². The number of nitrogens with one attached hydrogen (secondary N) is 1. The molecular formula is C13H11BrClN3OS. The van der Waals surface area contributed by atoms with Crippen molar-refractivity contribution in [3.63, 3.8) is 0 Å². The lowest BCUT2D eigenvalue weighted by molar-refractivity contribution is 0.102. The van der Waals surface area contributed by atoms with Gasteiger partial charge in [-0.3, -0.25) is 4.79 Å². The Kier molecular flexibility index (Phi) is 5.39. The van der Waals surface area contributed by atoms with E-state index < -0.39 is 0 Å². The van der Waals surface area contributed by atoms with Crippen molar-refractivity contribution in [2.75, 3.05) is 11.1 Å². The summed E-state index contributed by atoms with van der Waals surface area (Å²) in [5.74, 6) is 0.512. The molecule has 0 radical (unpaired) electrons. The molecule has 0 saturated carbocycles. The zero-order valence-corrected chi connectivity index (χ0v) is 13.7. The van der Waals surface area contributed by atoms with Gasteiger partial charge in [-0.25, -0.2) is 9.97 Å². The molecule has 4 nitrogen and oxygen atoms in total. The van der Waals surface area contributed by atoms with Gasteiger partial charge in [0.25, 0.3) is 5.91 Å². The highest BCUT2D eigenvalue weighted by Gasteiger charge is 2.15. The number of thioether (sulfide) groups is 1. The minimum Gasteiger partial charge on any atom is -0.319 e. The van der Waals surface area contributed by atoms with Crippen LogP contribution < -0.4 is 5.32 Å². The van der Waals surface area contributed by atoms with Gasteiger partial charge in [-0.2, -0.15) is 0 Å². The second kappa shape index (κ2) is 7.06. The zero-order chi connectivity index (χ0) is 14.5. The Hall–Kier alpha value is -1.11. The predicted octanol–water partition coefficient (Wildman–Crippen LogP) is 4.26. The molecular weight excluding hydrogens is 362 g/mol. The summed E-state index contributed by atoms with van der Waals surface area (Å²) in [6.45, 7) is 2.00. The lowest BCUT2D eigenvalue weighted by Crippen LogP contribution is -2.15. The number of aromatic nitrogens is 2. The molecule has 0 unspecified atom stereocenters. The fourth-order valence-electron chi connectivity index (χ4n) is 1.45. The molecule has 7 heteroatoms. The molecule has 0 atom stereocenters. The van der Waals surface area contributed by atoms with Crippen LogP contribution in [0.1, 0.15) is 17.4 Å². The maximum atomic E-state index is 12.2. The monoisotopic (exact) mass is 371 g/mol. The van der Waals surface area contributed by atoms with Crippen LogP contribution in [0.25, 0.3) is 0 Å². The summed E-state index contributed by atoms with van der Waals surface area (Å²) in [7, 11) is 0. The fourth-order valence-corrected chi connectivity index (χ4v) is 2.55. The van der Waals surface area contributed by atoms with Gasteiger partial charge >= 0.3 is 0 Å². The maximum absolute atomic E-state index is 12.2. The van der Waals surface area contributed by atoms with E-state index in [1.54, 1.807) is 30.5 Å². The number of anilines is 1. The van der Waals surface area contributed by atoms with E-state index >= 15 is 0 Å². The van der Waals surface area contributed by atoms with Gasteiger partial charge in [-0.05, 0) is 33.8 Å². The Morgan fingerprint density at radius 2 is 2.20 bits per heavy atom. The number of benzene rings is 1. The summed E-state index contributed by atoms with van der Waals surface area (Å²) < 4.78 is 0.544. The molecule has 0 aliphatic heterocycles. The molecule has 0 fully saturated rings. The highest BCUT2D eigenvalue weighted by atomic mass is 79.9. The number of para-hydroxylation sites is 1. The van der Waals surface area contributed by atoms with Crippen molar-refractivity contribution in [3.05, 3.63) is 45.7 Å². The maximum Gasteiger partial charge on any atom is 0.275 e. The summed E-state index contributed by atoms with van der Waals surface area (Å²) in [6, 6.07) is 7.05. The first kappa shape index (κ1) is 15.3. The lowest BCUT2D eigenvalue weighted by atomic mass is 10.3. The summed E-state index contributed by atoms with van der Waals surface area (Å²) in [4.78, 5) is 20.6. The summed E-state index contributed by atoms with van der Waals surface area (Å²) in [6.07, 6.45) is 1.58. The molecule has 1 aromatic heterocycles. The number of hydrogen-bond donors (Lipinski definition) is 1. The van der Waals surface area contributed by atoms with E-state index in [0.717, 1.165) is 5.75 Å². The van der Waals surface area contributed by atoms with Crippen LogP contribution in [-0.4, -0.2) is 21.6 Å². The van der Waals surface area contributed by atoms with Crippen molar-refractivity contribution in [3.8, 4) is 0 Å². The molecule has 1 amide bonds. The smallest absolute Gasteiger partial charge is 0.275 e. The Morgan fingerprint density at radius 3 is 2.90 bits per heavy atom. The zero-order valence-electron chi connectivity index (χ0n) is 10.6. The number of nitrogens with zero attached hydrogens (tertiary/aromatic N) is 2. The van der Waals surface area contributed by atoms with Crippen molar-refractivity contribution >= 4 is 50.9 Å². The van der Waals surface area contributed by atoms with E-state index in [-0.39, 0.29) is 11.6 Å². The fraction of sp³-hybridized carbons (Fsp3) is 0.154. The van der Waals surface area contributed by atoms with Crippen molar-refractivity contribution < 1.29 is 4.79 Å². The number of carbonyl (C=O) groups is 1. The predicted molar refractivity (Wildman–Crippen MR) is 85.5 cm³/mol. The van der Waals surface area contributed by atoms with E-state index in [1.165, 1.54) is 11.8 Å². The van der Waals surface area contributed by atoms with Gasteiger partial charge in [0, 0.05) is 6.20 Å². The molecule has 104 valence electrons. The SMILES string of the molecule is CCSc1ncc(Br)c(C(=O)Nc2ccccc2Cl)n1. The van der Waals surface area contributed by atoms with Gasteiger partial charge in [0.2, 0.25) is 0 Å². The number of hydrogen-bond acceptors (Lipinski definition) is 4. The summed E-state index contributed by atoms with van der Waals surface area (Å²) in [5, 5.41) is 3.79. The van der Waals surface area contributed by atoms with Gasteiger partial charge < -0.3 is 5.32 Å². The second-order valence-corrected chi connectivity index (χ2v) is 6.21. The lowest BCUT2D eigenvalue weighted by Gasteiger charge is -2.08. The van der Waals surface area contributed by atoms with E-state index in [9.17, 15) is 4.79 Å². The Bertz CT molecular complexity index is 639. The minimum atomic E-state index is -0.328. The molecule has 1 heterocycles. The third kappa shape index (κ3) is 3.71. The largest absolute Gasteiger partial charge is 0.319 e. The first-order chi connectivity index (χ1) is 9.61. The van der Waals surface area contributed by atoms with Crippen LogP contribution in [0.15, 0.2) is 40.1 Å². The standard InChI is InChI=1S/C13H11BrClN3OS/c1-2-20-13-16-7-8(14)11(18-13)12(19)17-10-6-4-3-5-9(10)15/h3-7H,2H2,1H3,(H,17,19). The molecule has 0 aliphatic rings. The van der Waals surface area contributed by atoms with Gasteiger partial charge in [0.05, 0.1) is 15.2 Å². The van der Waals surface area contributed by atoms with Crippen molar-refractivity contribution in [1.82, 2.24) is 9.97 Å². The third-order valence-electron chi connectivity index (χ3n) is 2.33. The van der Waals surface area contributed by atoms with E-state index in [4.69, 9.17) is 11.6 Å². The Morgan fingerprint density at radius 1 is 1.45 bits per heavy atom. The molecule has 0 aliphatic carbocycles. The molecule has 0 saturated heterocycles. The summed E-state index contributed by atoms with van der Waals surface area (Å²) in [5.41, 5.74) is 0.838. The average Bonchev–Trinajstić information content (AvgIpc) is 2.43. The molecule has 2 rings (SSSR count). The van der Waals surface area contributed by atoms with Crippen LogP contribution in [0.3, 0.4) is 0 Å². The van der Waals surface area contributed by atoms with Gasteiger partial charge in [0.15, 0.2) is 5.16 Å². The summed E-state index contributed by atoms with van der Waals surface area (Å²) >= 11 is 10.8. The average molecular weight is 373 g/mol. The molecule has 2 aromatic rings. The molecule has 20 heavy (non-hydrogen) atoms. The molecule has 0 bridgehead atoms. The first-order valence-electron chi connectivity index (χ1n) is 5.83. The van der Waals surface area contributed by atoms with E-state index in [0.29, 0.717) is 20.3 Å². The number of carbonyl (C=O) groups excluding carboxylic acids is 1. The van der Waals surface area contributed by atoms with Crippen molar-refractivity contribution in [2.45, 2.75) is 12.1 Å². The van der Waals surface area contributed by atoms with E-state index in [2.05, 4.69) is 31.2 Å². The van der Waals surface area contributed by atoms with Crippen LogP contribution >= 0.6 is 39.3 Å². The molecule has 1 N–H and O–H groups in total. The van der Waals surface area contributed by atoms with Crippen molar-refractivity contribution in [1.29, 1.82) is 0 Å². The normalized spacial score (nSPS) is 10.3. The molecule has 1 aromatic carbocycles. The van der Waals surface area contributed by atoms with Crippen LogP contribution in [-0.2, 0) is 0 Å². The number of halogens is 2. The van der Waals surface area contributed by atoms with Crippen LogP contribution in [0, 0.1) is 0 Å². The van der Waals surface area contributed by atoms with Gasteiger partial charge in [0.1, 0.15) is 5.69 Å². The highest BCUT2D eigenvalue weighted by Crippen LogP contribution is 2.23. The first-order valence-corrected chi connectivity index (χ1v) is 7.98. The van der Waals surface area contributed by atoms with Crippen molar-refractivity contribution in [2.24, 2.45) is 0 Å². The van der Waals surface area contributed by atoms with Gasteiger partial charge in [-0.15, -0.1) is 0 Å². The quantitative estimate of drug-likeness (QED) is 0.643. The topological polar surface area (TPSA) is 54.9 Å². The second-order valence-electron chi connectivity index (χ2n) is 3.72. The van der Waals surface area contributed by atoms with Crippen LogP contribution in [0.4, 0.5) is 5.69 Å². The van der Waals surface area contributed by atoms with Gasteiger partial charge in [-0.1, -0.05) is 42.4 Å².